The number of sulfonamides is 1. The summed E-state index contributed by atoms with van der Waals surface area (Å²) in [6, 6.07) is 24.8. The van der Waals surface area contributed by atoms with Gasteiger partial charge in [0.25, 0.3) is 15.9 Å². The minimum absolute atomic E-state index is 0.136. The number of rotatable bonds is 3. The van der Waals surface area contributed by atoms with Crippen molar-refractivity contribution < 1.29 is 13.2 Å². The Morgan fingerprint density at radius 1 is 0.875 bits per heavy atom. The standard InChI is InChI=1S/C26H24N2O3S/c1-2-28-23-15-9-8-14-22(23)24(20-11-4-3-5-12-20)25(32(28,30)31)26(29)27-17-16-19-10-6-7-13-21(19)18-27/h3-15H,2,16-18H2,1H3. The lowest BCUT2D eigenvalue weighted by atomic mass is 9.94. The molecule has 1 amide bonds. The Kier molecular flexibility index (Phi) is 5.10. The molecule has 3 aromatic carbocycles. The smallest absolute Gasteiger partial charge is 0.270 e. The van der Waals surface area contributed by atoms with Crippen LogP contribution in [0.3, 0.4) is 0 Å². The van der Waals surface area contributed by atoms with Gasteiger partial charge in [-0.05, 0) is 36.1 Å². The van der Waals surface area contributed by atoms with Crippen LogP contribution in [0.4, 0.5) is 5.69 Å². The molecule has 0 fully saturated rings. The van der Waals surface area contributed by atoms with E-state index in [-0.39, 0.29) is 11.4 Å². The lowest BCUT2D eigenvalue weighted by Crippen LogP contribution is -2.44. The molecule has 32 heavy (non-hydrogen) atoms. The molecule has 0 aromatic heterocycles. The van der Waals surface area contributed by atoms with Crippen molar-refractivity contribution in [3.8, 4) is 0 Å². The summed E-state index contributed by atoms with van der Waals surface area (Å²) in [6.45, 7) is 2.94. The molecule has 0 saturated carbocycles. The molecule has 0 aliphatic carbocycles. The maximum atomic E-state index is 13.9. The summed E-state index contributed by atoms with van der Waals surface area (Å²) in [4.78, 5) is 15.4. The highest BCUT2D eigenvalue weighted by Crippen LogP contribution is 2.43. The van der Waals surface area contributed by atoms with Crippen molar-refractivity contribution >= 4 is 27.2 Å². The summed E-state index contributed by atoms with van der Waals surface area (Å²) >= 11 is 0. The maximum Gasteiger partial charge on any atom is 0.270 e. The highest BCUT2D eigenvalue weighted by molar-refractivity contribution is 7.97. The van der Waals surface area contributed by atoms with E-state index in [1.54, 1.807) is 17.9 Å². The number of anilines is 1. The van der Waals surface area contributed by atoms with E-state index in [0.717, 1.165) is 16.7 Å². The summed E-state index contributed by atoms with van der Waals surface area (Å²) in [6.07, 6.45) is 0.712. The van der Waals surface area contributed by atoms with Gasteiger partial charge in [0.2, 0.25) is 0 Å². The lowest BCUT2D eigenvalue weighted by Gasteiger charge is -2.36. The van der Waals surface area contributed by atoms with E-state index in [1.165, 1.54) is 9.87 Å². The van der Waals surface area contributed by atoms with Crippen LogP contribution in [0, 0.1) is 0 Å². The second-order valence-corrected chi connectivity index (χ2v) is 9.80. The van der Waals surface area contributed by atoms with Crippen molar-refractivity contribution in [3.63, 3.8) is 0 Å². The molecule has 0 N–H and O–H groups in total. The van der Waals surface area contributed by atoms with Crippen molar-refractivity contribution in [2.24, 2.45) is 0 Å². The number of carbonyl (C=O) groups is 1. The minimum Gasteiger partial charge on any atom is -0.333 e. The first-order valence-corrected chi connectivity index (χ1v) is 12.2. The number of nitrogens with zero attached hydrogens (tertiary/aromatic N) is 2. The second kappa shape index (κ2) is 7.95. The fourth-order valence-corrected chi connectivity index (χ4v) is 6.47. The van der Waals surface area contributed by atoms with Crippen LogP contribution in [0.1, 0.15) is 29.2 Å². The quantitative estimate of drug-likeness (QED) is 0.608. The average molecular weight is 445 g/mol. The van der Waals surface area contributed by atoms with Crippen LogP contribution in [0.5, 0.6) is 0 Å². The van der Waals surface area contributed by atoms with E-state index in [1.807, 2.05) is 66.7 Å². The fourth-order valence-electron chi connectivity index (χ4n) is 4.66. The van der Waals surface area contributed by atoms with Crippen LogP contribution in [0.15, 0.2) is 83.8 Å². The van der Waals surface area contributed by atoms with Gasteiger partial charge in [0.1, 0.15) is 0 Å². The van der Waals surface area contributed by atoms with Crippen molar-refractivity contribution in [2.45, 2.75) is 19.9 Å². The lowest BCUT2D eigenvalue weighted by molar-refractivity contribution is -0.127. The van der Waals surface area contributed by atoms with Crippen molar-refractivity contribution in [2.75, 3.05) is 17.4 Å². The van der Waals surface area contributed by atoms with Gasteiger partial charge in [-0.2, -0.15) is 0 Å². The van der Waals surface area contributed by atoms with E-state index >= 15 is 0 Å². The average Bonchev–Trinajstić information content (AvgIpc) is 2.82. The Morgan fingerprint density at radius 2 is 1.53 bits per heavy atom. The topological polar surface area (TPSA) is 57.7 Å². The molecule has 3 aromatic rings. The predicted molar refractivity (Wildman–Crippen MR) is 126 cm³/mol. The Morgan fingerprint density at radius 3 is 2.28 bits per heavy atom. The van der Waals surface area contributed by atoms with Crippen molar-refractivity contribution in [3.05, 3.63) is 106 Å². The number of carbonyl (C=O) groups excluding carboxylic acids is 1. The summed E-state index contributed by atoms with van der Waals surface area (Å²) in [5, 5.41) is 0. The zero-order chi connectivity index (χ0) is 22.3. The molecule has 162 valence electrons. The van der Waals surface area contributed by atoms with E-state index in [4.69, 9.17) is 0 Å². The molecule has 0 unspecified atom stereocenters. The van der Waals surface area contributed by atoms with Crippen molar-refractivity contribution in [1.82, 2.24) is 4.90 Å². The first-order valence-electron chi connectivity index (χ1n) is 10.8. The van der Waals surface area contributed by atoms with Gasteiger partial charge in [-0.15, -0.1) is 0 Å². The van der Waals surface area contributed by atoms with E-state index in [0.29, 0.717) is 30.8 Å². The van der Waals surface area contributed by atoms with Crippen LogP contribution < -0.4 is 4.31 Å². The molecule has 0 spiro atoms. The van der Waals surface area contributed by atoms with Crippen LogP contribution in [-0.4, -0.2) is 32.3 Å². The first kappa shape index (κ1) is 20.5. The highest BCUT2D eigenvalue weighted by Gasteiger charge is 2.42. The molecular formula is C26H24N2O3S. The van der Waals surface area contributed by atoms with Gasteiger partial charge < -0.3 is 4.90 Å². The summed E-state index contributed by atoms with van der Waals surface area (Å²) in [5.74, 6) is -0.439. The van der Waals surface area contributed by atoms with Gasteiger partial charge in [0.15, 0.2) is 4.91 Å². The molecule has 5 rings (SSSR count). The van der Waals surface area contributed by atoms with Gasteiger partial charge in [0.05, 0.1) is 5.69 Å². The van der Waals surface area contributed by atoms with Gasteiger partial charge in [-0.1, -0.05) is 72.8 Å². The first-order chi connectivity index (χ1) is 15.5. The zero-order valence-corrected chi connectivity index (χ0v) is 18.7. The summed E-state index contributed by atoms with van der Waals surface area (Å²) in [7, 11) is -4.03. The van der Waals surface area contributed by atoms with Gasteiger partial charge >= 0.3 is 0 Å². The molecule has 0 saturated heterocycles. The van der Waals surface area contributed by atoms with Gasteiger partial charge in [-0.3, -0.25) is 9.10 Å². The Hall–Kier alpha value is -3.38. The Balaban J connectivity index is 1.72. The number of amides is 1. The Labute approximate surface area is 188 Å². The monoisotopic (exact) mass is 444 g/mol. The minimum atomic E-state index is -4.03. The molecule has 0 radical (unpaired) electrons. The molecule has 5 nitrogen and oxygen atoms in total. The van der Waals surface area contributed by atoms with Crippen LogP contribution >= 0.6 is 0 Å². The molecule has 2 aliphatic rings. The normalized spacial score (nSPS) is 17.0. The fraction of sp³-hybridized carbons (Fsp3) is 0.192. The molecule has 2 heterocycles. The van der Waals surface area contributed by atoms with Crippen LogP contribution in [0.25, 0.3) is 5.57 Å². The SMILES string of the molecule is CCN1c2ccccc2C(c2ccccc2)=C(C(=O)N2CCc3ccccc3C2)S1(=O)=O. The van der Waals surface area contributed by atoms with E-state index in [2.05, 4.69) is 6.07 Å². The molecule has 6 heteroatoms. The number of benzene rings is 3. The maximum absolute atomic E-state index is 13.9. The van der Waals surface area contributed by atoms with Gasteiger partial charge in [-0.25, -0.2) is 8.42 Å². The molecule has 0 bridgehead atoms. The third-order valence-corrected chi connectivity index (χ3v) is 8.11. The number of hydrogen-bond acceptors (Lipinski definition) is 3. The van der Waals surface area contributed by atoms with Crippen LogP contribution in [-0.2, 0) is 27.8 Å². The largest absolute Gasteiger partial charge is 0.333 e. The third kappa shape index (κ3) is 3.22. The molecular weight excluding hydrogens is 420 g/mol. The summed E-state index contributed by atoms with van der Waals surface area (Å²) < 4.78 is 29.0. The molecule has 0 atom stereocenters. The second-order valence-electron chi connectivity index (χ2n) is 8.00. The van der Waals surface area contributed by atoms with Gasteiger partial charge in [0, 0.05) is 30.8 Å². The zero-order valence-electron chi connectivity index (χ0n) is 17.9. The predicted octanol–water partition coefficient (Wildman–Crippen LogP) is 4.20. The highest BCUT2D eigenvalue weighted by atomic mass is 32.2. The van der Waals surface area contributed by atoms with E-state index in [9.17, 15) is 13.2 Å². The van der Waals surface area contributed by atoms with E-state index < -0.39 is 15.9 Å². The van der Waals surface area contributed by atoms with Crippen LogP contribution in [0.2, 0.25) is 0 Å². The molecule has 2 aliphatic heterocycles. The number of fused-ring (bicyclic) bond motifs is 2. The summed E-state index contributed by atoms with van der Waals surface area (Å²) in [5.41, 5.74) is 4.84. The number of para-hydroxylation sites is 1. The Bertz CT molecular complexity index is 1330. The van der Waals surface area contributed by atoms with Crippen molar-refractivity contribution in [1.29, 1.82) is 0 Å². The number of hydrogen-bond donors (Lipinski definition) is 0. The third-order valence-electron chi connectivity index (χ3n) is 6.18.